The van der Waals surface area contributed by atoms with Crippen LogP contribution in [0.5, 0.6) is 11.5 Å². The van der Waals surface area contributed by atoms with Crippen LogP contribution in [0.3, 0.4) is 0 Å². The number of aromatic nitrogens is 1. The molecule has 0 saturated carbocycles. The van der Waals surface area contributed by atoms with E-state index in [0.29, 0.717) is 17.6 Å². The van der Waals surface area contributed by atoms with Gasteiger partial charge in [0.25, 0.3) is 16.0 Å². The summed E-state index contributed by atoms with van der Waals surface area (Å²) < 4.78 is 100. The largest absolute Gasteiger partial charge is 0.457 e. The SMILES string of the molecule is CNC(=O)c1cc(Oc2ccc(NC(=O)Nc3cc(S(F)(F)(F)(F)F)ccc3Cl)cc2)ccn1.Cc1ccc(S(=O)(=O)O)cc1. The first kappa shape index (κ1) is 35.0. The topological polar surface area (TPSA) is 147 Å². The summed E-state index contributed by atoms with van der Waals surface area (Å²) in [6.07, 6.45) is 1.39. The van der Waals surface area contributed by atoms with Gasteiger partial charge in [-0.1, -0.05) is 48.7 Å². The van der Waals surface area contributed by atoms with E-state index in [4.69, 9.17) is 20.9 Å². The number of aryl methyl sites for hydroxylation is 1. The van der Waals surface area contributed by atoms with Gasteiger partial charge in [0.05, 0.1) is 15.6 Å². The molecule has 0 aliphatic heterocycles. The number of nitrogens with one attached hydrogen (secondary N) is 3. The van der Waals surface area contributed by atoms with Crippen LogP contribution in [0, 0.1) is 6.92 Å². The number of rotatable bonds is 7. The molecular weight excluding hydrogens is 671 g/mol. The van der Waals surface area contributed by atoms with E-state index < -0.39 is 42.9 Å². The smallest absolute Gasteiger partial charge is 0.323 e. The Kier molecular flexibility index (Phi) is 9.74. The summed E-state index contributed by atoms with van der Waals surface area (Å²) in [5.41, 5.74) is 0.667. The van der Waals surface area contributed by atoms with Crippen LogP contribution in [0.25, 0.3) is 0 Å². The number of ether oxygens (including phenoxy) is 1. The fourth-order valence-corrected chi connectivity index (χ4v) is 4.61. The molecule has 4 aromatic rings. The second-order valence-electron chi connectivity index (χ2n) is 9.06. The van der Waals surface area contributed by atoms with Gasteiger partial charge in [0.2, 0.25) is 0 Å². The van der Waals surface area contributed by atoms with Crippen molar-refractivity contribution in [2.24, 2.45) is 0 Å². The number of benzene rings is 3. The van der Waals surface area contributed by atoms with Gasteiger partial charge >= 0.3 is 16.3 Å². The van der Waals surface area contributed by atoms with Crippen LogP contribution in [-0.2, 0) is 10.1 Å². The number of hydrogen-bond acceptors (Lipinski definition) is 6. The predicted octanol–water partition coefficient (Wildman–Crippen LogP) is 8.43. The van der Waals surface area contributed by atoms with E-state index in [1.807, 2.05) is 12.2 Å². The minimum Gasteiger partial charge on any atom is -0.457 e. The summed E-state index contributed by atoms with van der Waals surface area (Å²) in [6.45, 7) is 1.84. The Morgan fingerprint density at radius 1 is 0.867 bits per heavy atom. The monoisotopic (exact) mass is 694 g/mol. The van der Waals surface area contributed by atoms with Gasteiger partial charge in [-0.15, -0.1) is 0 Å². The normalized spacial score (nSPS) is 12.8. The van der Waals surface area contributed by atoms with Crippen LogP contribution in [0.4, 0.5) is 35.6 Å². The molecule has 0 unspecified atom stereocenters. The van der Waals surface area contributed by atoms with Crippen molar-refractivity contribution >= 4 is 55.3 Å². The number of pyridine rings is 1. The fourth-order valence-electron chi connectivity index (χ4n) is 3.30. The molecule has 1 aromatic heterocycles. The molecule has 10 nitrogen and oxygen atoms in total. The van der Waals surface area contributed by atoms with Crippen LogP contribution < -0.4 is 20.7 Å². The molecule has 3 amide bonds. The second-order valence-corrected chi connectivity index (χ2v) is 13.3. The highest BCUT2D eigenvalue weighted by atomic mass is 35.5. The van der Waals surface area contributed by atoms with Crippen molar-refractivity contribution in [3.05, 3.63) is 101 Å². The molecule has 0 radical (unpaired) electrons. The van der Waals surface area contributed by atoms with Gasteiger partial charge in [-0.05, 0) is 67.6 Å². The van der Waals surface area contributed by atoms with Gasteiger partial charge in [-0.3, -0.25) is 14.3 Å². The Bertz CT molecular complexity index is 1830. The second kappa shape index (κ2) is 12.5. The van der Waals surface area contributed by atoms with E-state index in [9.17, 15) is 37.4 Å². The van der Waals surface area contributed by atoms with E-state index in [1.165, 1.54) is 61.8 Å². The Morgan fingerprint density at radius 2 is 1.49 bits per heavy atom. The van der Waals surface area contributed by atoms with Gasteiger partial charge in [0.1, 0.15) is 22.1 Å². The molecule has 0 aliphatic rings. The van der Waals surface area contributed by atoms with Crippen molar-refractivity contribution in [1.29, 1.82) is 0 Å². The van der Waals surface area contributed by atoms with Crippen molar-refractivity contribution in [2.75, 3.05) is 17.7 Å². The summed E-state index contributed by atoms with van der Waals surface area (Å²) in [5.74, 6) is 0.263. The summed E-state index contributed by atoms with van der Waals surface area (Å²) >= 11 is 5.73. The van der Waals surface area contributed by atoms with Gasteiger partial charge in [-0.25, -0.2) is 4.79 Å². The molecule has 0 saturated heterocycles. The maximum atomic E-state index is 13.0. The molecule has 45 heavy (non-hydrogen) atoms. The molecule has 0 fully saturated rings. The van der Waals surface area contributed by atoms with E-state index in [-0.39, 0.29) is 33.4 Å². The number of urea groups is 1. The van der Waals surface area contributed by atoms with Gasteiger partial charge in [0.15, 0.2) is 0 Å². The highest BCUT2D eigenvalue weighted by Crippen LogP contribution is 3.02. The minimum absolute atomic E-state index is 0.0666. The molecule has 18 heteroatoms. The molecule has 4 N–H and O–H groups in total. The molecule has 0 aliphatic carbocycles. The first-order valence-corrected chi connectivity index (χ1v) is 16.0. The maximum absolute atomic E-state index is 13.0. The Balaban J connectivity index is 0.000000423. The van der Waals surface area contributed by atoms with Crippen molar-refractivity contribution in [3.63, 3.8) is 0 Å². The quantitative estimate of drug-likeness (QED) is 0.112. The highest BCUT2D eigenvalue weighted by Gasteiger charge is 2.65. The van der Waals surface area contributed by atoms with Gasteiger partial charge < -0.3 is 20.7 Å². The Labute approximate surface area is 259 Å². The van der Waals surface area contributed by atoms with Crippen molar-refractivity contribution in [1.82, 2.24) is 10.3 Å². The number of hydrogen-bond donors (Lipinski definition) is 4. The number of amides is 3. The van der Waals surface area contributed by atoms with Crippen LogP contribution in [0.15, 0.2) is 94.9 Å². The minimum atomic E-state index is -9.95. The molecular formula is C27H24ClF5N4O6S2. The Morgan fingerprint density at radius 3 is 2.04 bits per heavy atom. The summed E-state index contributed by atoms with van der Waals surface area (Å²) in [7, 11) is -12.5. The molecule has 4 rings (SSSR count). The van der Waals surface area contributed by atoms with E-state index in [1.54, 1.807) is 12.1 Å². The lowest BCUT2D eigenvalue weighted by Gasteiger charge is -2.40. The zero-order valence-electron chi connectivity index (χ0n) is 23.1. The highest BCUT2D eigenvalue weighted by molar-refractivity contribution is 8.45. The van der Waals surface area contributed by atoms with E-state index in [2.05, 4.69) is 15.6 Å². The summed E-state index contributed by atoms with van der Waals surface area (Å²) in [5, 5.41) is 6.41. The summed E-state index contributed by atoms with van der Waals surface area (Å²) in [4.78, 5) is 25.4. The molecule has 0 atom stereocenters. The molecule has 242 valence electrons. The third-order valence-electron chi connectivity index (χ3n) is 5.49. The molecule has 3 aromatic carbocycles. The molecule has 0 spiro atoms. The standard InChI is InChI=1S/C20H16ClF5N4O3S.C7H8O3S/c1-27-19(31)18-10-14(8-9-28-18)33-13-4-2-12(3-5-13)29-20(32)30-17-11-15(6-7-16(17)21)34(22,23,24,25)26;1-6-2-4-7(5-3-6)11(8,9)10/h2-11H,1H3,(H,27,31)(H2,29,30,32);2-5H,1H3,(H,8,9,10). The maximum Gasteiger partial charge on any atom is 0.323 e. The fraction of sp³-hybridized carbons (Fsp3) is 0.0741. The number of halogens is 6. The van der Waals surface area contributed by atoms with Gasteiger partial charge in [-0.2, -0.15) is 8.42 Å². The lowest BCUT2D eigenvalue weighted by atomic mass is 10.2. The zero-order valence-corrected chi connectivity index (χ0v) is 25.5. The molecule has 0 bridgehead atoms. The van der Waals surface area contributed by atoms with E-state index in [0.717, 1.165) is 5.56 Å². The number of nitrogens with zero attached hydrogens (tertiary/aromatic N) is 1. The van der Waals surface area contributed by atoms with E-state index >= 15 is 0 Å². The zero-order chi connectivity index (χ0) is 33.7. The molecule has 1 heterocycles. The van der Waals surface area contributed by atoms with Crippen molar-refractivity contribution < 1.29 is 46.7 Å². The average molecular weight is 695 g/mol. The third kappa shape index (κ3) is 10.6. The number of carbonyl (C=O) groups is 2. The lowest BCUT2D eigenvalue weighted by molar-refractivity contribution is 0.0957. The first-order chi connectivity index (χ1) is 20.6. The van der Waals surface area contributed by atoms with Crippen molar-refractivity contribution in [2.45, 2.75) is 16.7 Å². The number of anilines is 2. The first-order valence-electron chi connectivity index (χ1n) is 12.3. The predicted molar refractivity (Wildman–Crippen MR) is 161 cm³/mol. The van der Waals surface area contributed by atoms with Crippen LogP contribution in [-0.4, -0.2) is 36.9 Å². The Hall–Kier alpha value is -4.45. The van der Waals surface area contributed by atoms with Crippen LogP contribution >= 0.6 is 21.8 Å². The number of carbonyl (C=O) groups excluding carboxylic acids is 2. The van der Waals surface area contributed by atoms with Gasteiger partial charge in [0, 0.05) is 25.0 Å². The average Bonchev–Trinajstić information content (AvgIpc) is 2.94. The lowest BCUT2D eigenvalue weighted by Crippen LogP contribution is -2.20. The van der Waals surface area contributed by atoms with Crippen molar-refractivity contribution in [3.8, 4) is 11.5 Å². The summed E-state index contributed by atoms with van der Waals surface area (Å²) in [6, 6.07) is 14.5. The van der Waals surface area contributed by atoms with Crippen LogP contribution in [0.2, 0.25) is 5.02 Å². The third-order valence-corrected chi connectivity index (χ3v) is 7.83. The van der Waals surface area contributed by atoms with Crippen LogP contribution in [0.1, 0.15) is 16.1 Å².